The maximum atomic E-state index is 12.2. The zero-order valence-corrected chi connectivity index (χ0v) is 11.7. The SMILES string of the molecule is CCC1CN2CCc3cc4c(cc3C2CC1=O)OCO4. The zero-order chi connectivity index (χ0) is 13.7. The number of hydrogen-bond acceptors (Lipinski definition) is 4. The highest BCUT2D eigenvalue weighted by atomic mass is 16.7. The van der Waals surface area contributed by atoms with Crippen LogP contribution in [0.3, 0.4) is 0 Å². The standard InChI is InChI=1S/C16H19NO3/c1-2-10-8-17-4-3-11-5-15-16(20-9-19-15)6-12(11)13(17)7-14(10)18/h5-6,10,13H,2-4,7-9H2,1H3. The first-order chi connectivity index (χ1) is 9.76. The van der Waals surface area contributed by atoms with Crippen molar-refractivity contribution in [2.45, 2.75) is 32.2 Å². The molecule has 2 atom stereocenters. The van der Waals surface area contributed by atoms with Crippen LogP contribution in [-0.2, 0) is 11.2 Å². The normalized spacial score (nSPS) is 28.1. The predicted octanol–water partition coefficient (Wildman–Crippen LogP) is 2.31. The molecular weight excluding hydrogens is 254 g/mol. The second-order valence-electron chi connectivity index (χ2n) is 5.94. The van der Waals surface area contributed by atoms with Crippen LogP contribution in [0.4, 0.5) is 0 Å². The van der Waals surface area contributed by atoms with Gasteiger partial charge in [0.25, 0.3) is 0 Å². The van der Waals surface area contributed by atoms with Crippen LogP contribution < -0.4 is 9.47 Å². The first-order valence-corrected chi connectivity index (χ1v) is 7.45. The van der Waals surface area contributed by atoms with E-state index in [1.807, 2.05) is 0 Å². The van der Waals surface area contributed by atoms with Gasteiger partial charge in [0, 0.05) is 31.5 Å². The fraction of sp³-hybridized carbons (Fsp3) is 0.562. The summed E-state index contributed by atoms with van der Waals surface area (Å²) in [5.74, 6) is 2.32. The minimum atomic E-state index is 0.224. The van der Waals surface area contributed by atoms with Gasteiger partial charge in [0.05, 0.1) is 0 Å². The first-order valence-electron chi connectivity index (χ1n) is 7.45. The highest BCUT2D eigenvalue weighted by Crippen LogP contribution is 2.43. The number of ether oxygens (including phenoxy) is 2. The van der Waals surface area contributed by atoms with Crippen molar-refractivity contribution in [2.75, 3.05) is 19.9 Å². The molecule has 0 saturated carbocycles. The molecule has 4 rings (SSSR count). The van der Waals surface area contributed by atoms with Crippen LogP contribution in [0.25, 0.3) is 0 Å². The Morgan fingerprint density at radius 3 is 2.90 bits per heavy atom. The number of fused-ring (bicyclic) bond motifs is 4. The molecule has 4 nitrogen and oxygen atoms in total. The Balaban J connectivity index is 1.71. The third kappa shape index (κ3) is 1.74. The fourth-order valence-corrected chi connectivity index (χ4v) is 3.70. The van der Waals surface area contributed by atoms with Crippen LogP contribution in [0.15, 0.2) is 12.1 Å². The van der Waals surface area contributed by atoms with Gasteiger partial charge in [-0.3, -0.25) is 9.69 Å². The number of piperidine rings is 1. The molecule has 0 aliphatic carbocycles. The van der Waals surface area contributed by atoms with Gasteiger partial charge < -0.3 is 9.47 Å². The average Bonchev–Trinajstić information content (AvgIpc) is 2.91. The quantitative estimate of drug-likeness (QED) is 0.787. The lowest BCUT2D eigenvalue weighted by atomic mass is 9.82. The van der Waals surface area contributed by atoms with Crippen LogP contribution in [0, 0.1) is 5.92 Å². The van der Waals surface area contributed by atoms with Crippen molar-refractivity contribution in [1.29, 1.82) is 0 Å². The molecule has 0 bridgehead atoms. The van der Waals surface area contributed by atoms with Crippen molar-refractivity contribution in [3.63, 3.8) is 0 Å². The highest BCUT2D eigenvalue weighted by Gasteiger charge is 2.38. The average molecular weight is 273 g/mol. The second-order valence-corrected chi connectivity index (χ2v) is 5.94. The monoisotopic (exact) mass is 273 g/mol. The van der Waals surface area contributed by atoms with Crippen molar-refractivity contribution in [2.24, 2.45) is 5.92 Å². The van der Waals surface area contributed by atoms with Gasteiger partial charge in [-0.2, -0.15) is 0 Å². The summed E-state index contributed by atoms with van der Waals surface area (Å²) in [5, 5.41) is 0. The minimum Gasteiger partial charge on any atom is -0.454 e. The molecule has 1 saturated heterocycles. The summed E-state index contributed by atoms with van der Waals surface area (Å²) in [6.07, 6.45) is 2.63. The Morgan fingerprint density at radius 2 is 2.10 bits per heavy atom. The largest absolute Gasteiger partial charge is 0.454 e. The molecule has 1 aromatic rings. The molecule has 2 unspecified atom stereocenters. The number of ketones is 1. The lowest BCUT2D eigenvalue weighted by Gasteiger charge is -2.42. The fourth-order valence-electron chi connectivity index (χ4n) is 3.70. The van der Waals surface area contributed by atoms with Gasteiger partial charge >= 0.3 is 0 Å². The molecule has 0 aromatic heterocycles. The van der Waals surface area contributed by atoms with E-state index in [-0.39, 0.29) is 12.0 Å². The van der Waals surface area contributed by atoms with Crippen molar-refractivity contribution < 1.29 is 14.3 Å². The van der Waals surface area contributed by atoms with Gasteiger partial charge in [0.15, 0.2) is 11.5 Å². The maximum absolute atomic E-state index is 12.2. The van der Waals surface area contributed by atoms with E-state index in [1.165, 1.54) is 11.1 Å². The van der Waals surface area contributed by atoms with E-state index in [1.54, 1.807) is 0 Å². The van der Waals surface area contributed by atoms with Crippen LogP contribution in [0.2, 0.25) is 0 Å². The molecule has 0 N–H and O–H groups in total. The van der Waals surface area contributed by atoms with Gasteiger partial charge in [-0.25, -0.2) is 0 Å². The number of benzene rings is 1. The number of nitrogens with zero attached hydrogens (tertiary/aromatic N) is 1. The third-order valence-corrected chi connectivity index (χ3v) is 4.90. The predicted molar refractivity (Wildman–Crippen MR) is 74.0 cm³/mol. The van der Waals surface area contributed by atoms with E-state index in [0.29, 0.717) is 19.0 Å². The molecular formula is C16H19NO3. The molecule has 1 aromatic carbocycles. The molecule has 3 aliphatic rings. The van der Waals surface area contributed by atoms with Crippen LogP contribution in [0.1, 0.15) is 36.9 Å². The van der Waals surface area contributed by atoms with Crippen LogP contribution >= 0.6 is 0 Å². The summed E-state index contributed by atoms with van der Waals surface area (Å²) in [6.45, 7) is 4.37. The van der Waals surface area contributed by atoms with Crippen LogP contribution in [-0.4, -0.2) is 30.6 Å². The number of rotatable bonds is 1. The second kappa shape index (κ2) is 4.48. The van der Waals surface area contributed by atoms with E-state index < -0.39 is 0 Å². The first kappa shape index (κ1) is 12.2. The van der Waals surface area contributed by atoms with Gasteiger partial charge in [-0.05, 0) is 36.1 Å². The highest BCUT2D eigenvalue weighted by molar-refractivity contribution is 5.83. The summed E-state index contributed by atoms with van der Waals surface area (Å²) in [4.78, 5) is 14.7. The summed E-state index contributed by atoms with van der Waals surface area (Å²) < 4.78 is 10.9. The summed E-state index contributed by atoms with van der Waals surface area (Å²) >= 11 is 0. The Kier molecular flexibility index (Phi) is 2.74. The molecule has 1 fully saturated rings. The van der Waals surface area contributed by atoms with Crippen molar-refractivity contribution in [3.8, 4) is 11.5 Å². The zero-order valence-electron chi connectivity index (χ0n) is 11.7. The topological polar surface area (TPSA) is 38.8 Å². The van der Waals surface area contributed by atoms with Gasteiger partial charge in [0.2, 0.25) is 6.79 Å². The Bertz CT molecular complexity index is 569. The van der Waals surface area contributed by atoms with Crippen molar-refractivity contribution >= 4 is 5.78 Å². The Morgan fingerprint density at radius 1 is 1.30 bits per heavy atom. The van der Waals surface area contributed by atoms with E-state index in [2.05, 4.69) is 24.0 Å². The minimum absolute atomic E-state index is 0.224. The summed E-state index contributed by atoms with van der Waals surface area (Å²) in [7, 11) is 0. The van der Waals surface area contributed by atoms with Gasteiger partial charge in [0.1, 0.15) is 5.78 Å². The van der Waals surface area contributed by atoms with Crippen molar-refractivity contribution in [3.05, 3.63) is 23.3 Å². The molecule has 3 aliphatic heterocycles. The lowest BCUT2D eigenvalue weighted by Crippen LogP contribution is -2.46. The van der Waals surface area contributed by atoms with Crippen LogP contribution in [0.5, 0.6) is 11.5 Å². The Labute approximate surface area is 118 Å². The van der Waals surface area contributed by atoms with Gasteiger partial charge in [-0.1, -0.05) is 6.92 Å². The Hall–Kier alpha value is -1.55. The van der Waals surface area contributed by atoms with E-state index in [4.69, 9.17) is 9.47 Å². The lowest BCUT2D eigenvalue weighted by molar-refractivity contribution is -0.128. The van der Waals surface area contributed by atoms with Gasteiger partial charge in [-0.15, -0.1) is 0 Å². The van der Waals surface area contributed by atoms with E-state index in [0.717, 1.165) is 37.4 Å². The van der Waals surface area contributed by atoms with Crippen molar-refractivity contribution in [1.82, 2.24) is 4.90 Å². The molecule has 0 amide bonds. The molecule has 4 heteroatoms. The number of Topliss-reactive ketones (excluding diaryl/α,β-unsaturated/α-hetero) is 1. The van der Waals surface area contributed by atoms with E-state index in [9.17, 15) is 4.79 Å². The molecule has 0 spiro atoms. The molecule has 20 heavy (non-hydrogen) atoms. The summed E-state index contributed by atoms with van der Waals surface area (Å²) in [5.41, 5.74) is 2.58. The molecule has 106 valence electrons. The molecule has 3 heterocycles. The third-order valence-electron chi connectivity index (χ3n) is 4.90. The summed E-state index contributed by atoms with van der Waals surface area (Å²) in [6, 6.07) is 4.43. The number of carbonyl (C=O) groups excluding carboxylic acids is 1. The maximum Gasteiger partial charge on any atom is 0.231 e. The number of carbonyl (C=O) groups is 1. The van der Waals surface area contributed by atoms with E-state index >= 15 is 0 Å². The number of hydrogen-bond donors (Lipinski definition) is 0. The smallest absolute Gasteiger partial charge is 0.231 e. The molecule has 0 radical (unpaired) electrons.